The fourth-order valence-corrected chi connectivity index (χ4v) is 2.99. The molecule has 2 N–H and O–H groups in total. The smallest absolute Gasteiger partial charge is 0.227 e. The molecule has 2 aromatic carbocycles. The largest absolute Gasteiger partial charge is 0.506 e. The molecule has 0 saturated heterocycles. The lowest BCUT2D eigenvalue weighted by molar-refractivity contribution is -0.116. The Balaban J connectivity index is 1.96. The zero-order chi connectivity index (χ0) is 18.4. The Labute approximate surface area is 147 Å². The first-order valence-corrected chi connectivity index (χ1v) is 9.52. The average Bonchev–Trinajstić information content (AvgIpc) is 2.58. The van der Waals surface area contributed by atoms with Crippen LogP contribution in [0.4, 0.5) is 5.69 Å². The van der Waals surface area contributed by atoms with E-state index < -0.39 is 9.84 Å². The molecule has 0 aromatic heterocycles. The number of carbonyl (C=O) groups excluding carboxylic acids is 1. The maximum atomic E-state index is 12.0. The summed E-state index contributed by atoms with van der Waals surface area (Å²) >= 11 is 0. The van der Waals surface area contributed by atoms with Crippen LogP contribution in [0.5, 0.6) is 11.5 Å². The molecule has 2 rings (SSSR count). The molecule has 0 unspecified atom stereocenters. The first-order chi connectivity index (χ1) is 11.8. The van der Waals surface area contributed by atoms with Crippen molar-refractivity contribution in [3.05, 3.63) is 48.0 Å². The molecule has 0 bridgehead atoms. The van der Waals surface area contributed by atoms with Crippen LogP contribution >= 0.6 is 0 Å². The molecule has 0 aliphatic rings. The van der Waals surface area contributed by atoms with Crippen molar-refractivity contribution < 1.29 is 23.1 Å². The summed E-state index contributed by atoms with van der Waals surface area (Å²) in [5.74, 6) is 0.0313. The SMILES string of the molecule is CCS(=O)(=O)c1ccc(O)c(NC(=O)CCOc2ccc(C)cc2)c1. The first-order valence-electron chi connectivity index (χ1n) is 7.87. The van der Waals surface area contributed by atoms with Crippen molar-refractivity contribution in [2.45, 2.75) is 25.2 Å². The standard InChI is InChI=1S/C18H21NO5S/c1-3-25(22,23)15-8-9-17(20)16(12-15)19-18(21)10-11-24-14-6-4-13(2)5-7-14/h4-9,12,20H,3,10-11H2,1-2H3,(H,19,21). The van der Waals surface area contributed by atoms with Crippen molar-refractivity contribution in [1.82, 2.24) is 0 Å². The molecule has 2 aromatic rings. The predicted octanol–water partition coefficient (Wildman–Crippen LogP) is 2.90. The van der Waals surface area contributed by atoms with Gasteiger partial charge in [0.1, 0.15) is 11.5 Å². The maximum Gasteiger partial charge on any atom is 0.227 e. The number of carbonyl (C=O) groups is 1. The summed E-state index contributed by atoms with van der Waals surface area (Å²) in [4.78, 5) is 12.0. The van der Waals surface area contributed by atoms with Gasteiger partial charge in [0, 0.05) is 0 Å². The average molecular weight is 363 g/mol. The number of amides is 1. The molecule has 6 nitrogen and oxygen atoms in total. The number of hydrogen-bond donors (Lipinski definition) is 2. The summed E-state index contributed by atoms with van der Waals surface area (Å²) in [6.07, 6.45) is 0.0675. The quantitative estimate of drug-likeness (QED) is 0.738. The van der Waals surface area contributed by atoms with Gasteiger partial charge < -0.3 is 15.2 Å². The van der Waals surface area contributed by atoms with Crippen LogP contribution in [0.25, 0.3) is 0 Å². The number of rotatable bonds is 7. The van der Waals surface area contributed by atoms with Gasteiger partial charge in [-0.25, -0.2) is 8.42 Å². The lowest BCUT2D eigenvalue weighted by atomic mass is 10.2. The number of phenolic OH excluding ortho intramolecular Hbond substituents is 1. The van der Waals surface area contributed by atoms with Gasteiger partial charge in [0.25, 0.3) is 0 Å². The Morgan fingerprint density at radius 1 is 1.16 bits per heavy atom. The van der Waals surface area contributed by atoms with E-state index in [1.165, 1.54) is 25.1 Å². The summed E-state index contributed by atoms with van der Waals surface area (Å²) in [6.45, 7) is 3.67. The highest BCUT2D eigenvalue weighted by Crippen LogP contribution is 2.27. The Morgan fingerprint density at radius 3 is 2.48 bits per heavy atom. The fraction of sp³-hybridized carbons (Fsp3) is 0.278. The zero-order valence-corrected chi connectivity index (χ0v) is 15.0. The summed E-state index contributed by atoms with van der Waals surface area (Å²) in [6, 6.07) is 11.3. The number of sulfone groups is 1. The minimum absolute atomic E-state index is 0.0546. The number of hydrogen-bond acceptors (Lipinski definition) is 5. The van der Waals surface area contributed by atoms with Crippen LogP contribution in [-0.4, -0.2) is 31.8 Å². The van der Waals surface area contributed by atoms with Crippen LogP contribution in [0, 0.1) is 6.92 Å². The van der Waals surface area contributed by atoms with Gasteiger partial charge in [0.05, 0.1) is 29.4 Å². The van der Waals surface area contributed by atoms with Gasteiger partial charge >= 0.3 is 0 Å². The van der Waals surface area contributed by atoms with E-state index >= 15 is 0 Å². The summed E-state index contributed by atoms with van der Waals surface area (Å²) in [5, 5.41) is 12.3. The van der Waals surface area contributed by atoms with Gasteiger partial charge in [-0.05, 0) is 37.3 Å². The van der Waals surface area contributed by atoms with Gasteiger partial charge in [-0.2, -0.15) is 0 Å². The molecule has 0 atom stereocenters. The Hall–Kier alpha value is -2.54. The number of benzene rings is 2. The highest BCUT2D eigenvalue weighted by molar-refractivity contribution is 7.91. The molecule has 7 heteroatoms. The van der Waals surface area contributed by atoms with Crippen LogP contribution < -0.4 is 10.1 Å². The van der Waals surface area contributed by atoms with E-state index in [-0.39, 0.29) is 41.0 Å². The maximum absolute atomic E-state index is 12.0. The third kappa shape index (κ3) is 5.22. The van der Waals surface area contributed by atoms with Crippen LogP contribution in [0.3, 0.4) is 0 Å². The van der Waals surface area contributed by atoms with Crippen molar-refractivity contribution in [3.63, 3.8) is 0 Å². The van der Waals surface area contributed by atoms with E-state index in [1.54, 1.807) is 0 Å². The van der Waals surface area contributed by atoms with Crippen molar-refractivity contribution in [1.29, 1.82) is 0 Å². The second kappa shape index (κ2) is 8.02. The van der Waals surface area contributed by atoms with E-state index in [0.29, 0.717) is 5.75 Å². The van der Waals surface area contributed by atoms with Gasteiger partial charge in [-0.3, -0.25) is 4.79 Å². The molecule has 0 aliphatic carbocycles. The fourth-order valence-electron chi connectivity index (χ4n) is 2.08. The highest BCUT2D eigenvalue weighted by atomic mass is 32.2. The number of ether oxygens (including phenoxy) is 1. The minimum atomic E-state index is -3.42. The number of nitrogens with one attached hydrogen (secondary N) is 1. The normalized spacial score (nSPS) is 11.1. The Bertz CT molecular complexity index is 844. The molecule has 0 aliphatic heterocycles. The van der Waals surface area contributed by atoms with Crippen LogP contribution in [-0.2, 0) is 14.6 Å². The van der Waals surface area contributed by atoms with E-state index in [1.807, 2.05) is 31.2 Å². The van der Waals surface area contributed by atoms with Gasteiger partial charge in [0.15, 0.2) is 9.84 Å². The van der Waals surface area contributed by atoms with Crippen LogP contribution in [0.15, 0.2) is 47.4 Å². The van der Waals surface area contributed by atoms with Gasteiger partial charge in [-0.15, -0.1) is 0 Å². The molecule has 0 heterocycles. The lowest BCUT2D eigenvalue weighted by Gasteiger charge is -2.10. The topological polar surface area (TPSA) is 92.7 Å². The van der Waals surface area contributed by atoms with Crippen LogP contribution in [0.1, 0.15) is 18.9 Å². The summed E-state index contributed by atoms with van der Waals surface area (Å²) < 4.78 is 29.3. The second-order valence-corrected chi connectivity index (χ2v) is 7.82. The summed E-state index contributed by atoms with van der Waals surface area (Å²) in [5.41, 5.74) is 1.18. The number of anilines is 1. The third-order valence-corrected chi connectivity index (χ3v) is 5.33. The number of phenols is 1. The van der Waals surface area contributed by atoms with E-state index in [4.69, 9.17) is 4.74 Å². The van der Waals surface area contributed by atoms with Gasteiger partial charge in [0.2, 0.25) is 5.91 Å². The molecule has 25 heavy (non-hydrogen) atoms. The Morgan fingerprint density at radius 2 is 1.84 bits per heavy atom. The lowest BCUT2D eigenvalue weighted by Crippen LogP contribution is -2.15. The number of aromatic hydroxyl groups is 1. The predicted molar refractivity (Wildman–Crippen MR) is 95.8 cm³/mol. The van der Waals surface area contributed by atoms with Crippen LogP contribution in [0.2, 0.25) is 0 Å². The van der Waals surface area contributed by atoms with Crippen molar-refractivity contribution in [3.8, 4) is 11.5 Å². The molecular weight excluding hydrogens is 342 g/mol. The van der Waals surface area contributed by atoms with E-state index in [0.717, 1.165) is 5.56 Å². The van der Waals surface area contributed by atoms with Crippen molar-refractivity contribution in [2.24, 2.45) is 0 Å². The molecule has 0 radical (unpaired) electrons. The number of aryl methyl sites for hydroxylation is 1. The molecular formula is C18H21NO5S. The van der Waals surface area contributed by atoms with Crippen molar-refractivity contribution in [2.75, 3.05) is 17.7 Å². The van der Waals surface area contributed by atoms with E-state index in [9.17, 15) is 18.3 Å². The van der Waals surface area contributed by atoms with Crippen molar-refractivity contribution >= 4 is 21.4 Å². The molecule has 134 valence electrons. The molecule has 0 fully saturated rings. The summed E-state index contributed by atoms with van der Waals surface area (Å²) in [7, 11) is -3.42. The second-order valence-electron chi connectivity index (χ2n) is 5.54. The highest BCUT2D eigenvalue weighted by Gasteiger charge is 2.15. The molecule has 1 amide bonds. The first kappa shape index (κ1) is 18.8. The monoisotopic (exact) mass is 363 g/mol. The molecule has 0 spiro atoms. The zero-order valence-electron chi connectivity index (χ0n) is 14.2. The third-order valence-electron chi connectivity index (χ3n) is 3.60. The Kier molecular flexibility index (Phi) is 6.03. The minimum Gasteiger partial charge on any atom is -0.506 e. The van der Waals surface area contributed by atoms with E-state index in [2.05, 4.69) is 5.32 Å². The molecule has 0 saturated carbocycles. The van der Waals surface area contributed by atoms with Gasteiger partial charge in [-0.1, -0.05) is 24.6 Å².